The Morgan fingerprint density at radius 3 is 2.48 bits per heavy atom. The molecule has 2 amide bonds. The second-order valence-corrected chi connectivity index (χ2v) is 7.83. The van der Waals surface area contributed by atoms with E-state index in [2.05, 4.69) is 21.2 Å². The highest BCUT2D eigenvalue weighted by molar-refractivity contribution is 9.10. The number of ether oxygens (including phenoxy) is 2. The van der Waals surface area contributed by atoms with Crippen molar-refractivity contribution in [2.45, 2.75) is 13.5 Å². The minimum absolute atomic E-state index is 0.331. The fourth-order valence-corrected chi connectivity index (χ4v) is 3.58. The monoisotopic (exact) mass is 467 g/mol. The number of thioether (sulfide) groups is 1. The van der Waals surface area contributed by atoms with Gasteiger partial charge in [0.05, 0.1) is 11.5 Å². The number of amides is 2. The Balaban J connectivity index is 1.85. The van der Waals surface area contributed by atoms with Gasteiger partial charge in [0.1, 0.15) is 6.61 Å². The van der Waals surface area contributed by atoms with Gasteiger partial charge in [-0.15, -0.1) is 0 Å². The van der Waals surface area contributed by atoms with E-state index in [0.717, 1.165) is 21.8 Å². The summed E-state index contributed by atoms with van der Waals surface area (Å²) in [4.78, 5) is 23.4. The Bertz CT molecular complexity index is 915. The van der Waals surface area contributed by atoms with E-state index < -0.39 is 5.91 Å². The van der Waals surface area contributed by atoms with Crippen molar-refractivity contribution in [3.8, 4) is 11.5 Å². The van der Waals surface area contributed by atoms with E-state index in [1.807, 2.05) is 19.1 Å². The van der Waals surface area contributed by atoms with E-state index in [1.165, 1.54) is 0 Å². The van der Waals surface area contributed by atoms with Gasteiger partial charge >= 0.3 is 0 Å². The van der Waals surface area contributed by atoms with Crippen LogP contribution in [0.5, 0.6) is 11.5 Å². The van der Waals surface area contributed by atoms with E-state index in [9.17, 15) is 9.59 Å². The number of halogens is 2. The first-order valence-corrected chi connectivity index (χ1v) is 10.0. The zero-order valence-electron chi connectivity index (χ0n) is 14.3. The third-order valence-corrected chi connectivity index (χ3v) is 5.35. The summed E-state index contributed by atoms with van der Waals surface area (Å²) >= 11 is 10.3. The zero-order chi connectivity index (χ0) is 19.4. The smallest absolute Gasteiger partial charge is 0.290 e. The molecule has 1 heterocycles. The molecule has 140 valence electrons. The molecule has 0 atom stereocenters. The van der Waals surface area contributed by atoms with E-state index in [-0.39, 0.29) is 5.24 Å². The van der Waals surface area contributed by atoms with Gasteiger partial charge in [-0.25, -0.2) is 0 Å². The molecule has 1 aliphatic heterocycles. The van der Waals surface area contributed by atoms with Crippen LogP contribution in [0.3, 0.4) is 0 Å². The topological polar surface area (TPSA) is 64.6 Å². The maximum absolute atomic E-state index is 11.8. The summed E-state index contributed by atoms with van der Waals surface area (Å²) in [5, 5.41) is 2.52. The van der Waals surface area contributed by atoms with Crippen LogP contribution in [0.4, 0.5) is 4.79 Å². The Hall–Kier alpha value is -1.96. The predicted molar refractivity (Wildman–Crippen MR) is 110 cm³/mol. The molecule has 0 unspecified atom stereocenters. The van der Waals surface area contributed by atoms with Crippen molar-refractivity contribution >= 4 is 56.5 Å². The van der Waals surface area contributed by atoms with Crippen molar-refractivity contribution < 1.29 is 19.1 Å². The van der Waals surface area contributed by atoms with E-state index in [4.69, 9.17) is 21.1 Å². The van der Waals surface area contributed by atoms with Crippen molar-refractivity contribution in [2.75, 3.05) is 6.61 Å². The maximum Gasteiger partial charge on any atom is 0.290 e. The number of rotatable bonds is 6. The molecular weight excluding hydrogens is 454 g/mol. The summed E-state index contributed by atoms with van der Waals surface area (Å²) < 4.78 is 12.3. The van der Waals surface area contributed by atoms with Crippen LogP contribution in [0.25, 0.3) is 6.08 Å². The normalized spacial score (nSPS) is 15.1. The van der Waals surface area contributed by atoms with Crippen molar-refractivity contribution in [1.29, 1.82) is 0 Å². The molecule has 0 bridgehead atoms. The maximum atomic E-state index is 11.8. The second-order valence-electron chi connectivity index (χ2n) is 5.52. The molecule has 5 nitrogen and oxygen atoms in total. The lowest BCUT2D eigenvalue weighted by molar-refractivity contribution is -0.115. The summed E-state index contributed by atoms with van der Waals surface area (Å²) in [5.41, 5.74) is 1.69. The second kappa shape index (κ2) is 8.82. The molecule has 1 saturated heterocycles. The van der Waals surface area contributed by atoms with Gasteiger partial charge in [0.25, 0.3) is 11.1 Å². The first-order chi connectivity index (χ1) is 13.0. The lowest BCUT2D eigenvalue weighted by Crippen LogP contribution is -2.17. The molecule has 0 aliphatic carbocycles. The van der Waals surface area contributed by atoms with Crippen molar-refractivity contribution in [1.82, 2.24) is 5.32 Å². The lowest BCUT2D eigenvalue weighted by atomic mass is 10.1. The highest BCUT2D eigenvalue weighted by Crippen LogP contribution is 2.37. The first kappa shape index (κ1) is 19.8. The predicted octanol–water partition coefficient (Wildman–Crippen LogP) is 5.40. The van der Waals surface area contributed by atoms with Crippen LogP contribution in [-0.2, 0) is 11.4 Å². The molecule has 0 aromatic heterocycles. The van der Waals surface area contributed by atoms with Crippen LogP contribution in [-0.4, -0.2) is 17.8 Å². The van der Waals surface area contributed by atoms with Crippen LogP contribution >= 0.6 is 39.3 Å². The fourth-order valence-electron chi connectivity index (χ4n) is 2.35. The van der Waals surface area contributed by atoms with E-state index in [1.54, 1.807) is 30.3 Å². The molecule has 1 fully saturated rings. The Labute approximate surface area is 174 Å². The number of carbonyl (C=O) groups excluding carboxylic acids is 2. The van der Waals surface area contributed by atoms with Gasteiger partial charge in [0.2, 0.25) is 0 Å². The van der Waals surface area contributed by atoms with Gasteiger partial charge in [-0.2, -0.15) is 0 Å². The SMILES string of the molecule is CCOc1cc(/C=C2/SC(=O)NC2=O)c(Br)cc1OCc1ccc(Cl)cc1. The van der Waals surface area contributed by atoms with E-state index in [0.29, 0.717) is 40.2 Å². The third-order valence-electron chi connectivity index (χ3n) is 3.60. The molecule has 2 aromatic rings. The Morgan fingerprint density at radius 2 is 1.85 bits per heavy atom. The number of hydrogen-bond donors (Lipinski definition) is 1. The summed E-state index contributed by atoms with van der Waals surface area (Å²) in [6.45, 7) is 2.70. The summed E-state index contributed by atoms with van der Waals surface area (Å²) in [7, 11) is 0. The number of imide groups is 1. The third kappa shape index (κ3) is 5.06. The average Bonchev–Trinajstić information content (AvgIpc) is 2.95. The Kier molecular flexibility index (Phi) is 6.46. The van der Waals surface area contributed by atoms with E-state index >= 15 is 0 Å². The summed E-state index contributed by atoms with van der Waals surface area (Å²) in [6, 6.07) is 11.0. The van der Waals surface area contributed by atoms with Crippen molar-refractivity contribution in [3.63, 3.8) is 0 Å². The molecule has 3 rings (SSSR count). The standard InChI is InChI=1S/C19H15BrClNO4S/c1-2-25-15-7-12(8-17-18(23)22-19(24)27-17)14(20)9-16(15)26-10-11-3-5-13(21)6-4-11/h3-9H,2,10H2,1H3,(H,22,23,24)/b17-8+. The van der Waals surface area contributed by atoms with Crippen LogP contribution in [0.1, 0.15) is 18.1 Å². The van der Waals surface area contributed by atoms with Crippen molar-refractivity contribution in [3.05, 3.63) is 61.9 Å². The molecule has 0 saturated carbocycles. The van der Waals surface area contributed by atoms with Crippen LogP contribution < -0.4 is 14.8 Å². The van der Waals surface area contributed by atoms with Crippen LogP contribution in [0, 0.1) is 0 Å². The van der Waals surface area contributed by atoms with Gasteiger partial charge in [0.15, 0.2) is 11.5 Å². The van der Waals surface area contributed by atoms with Crippen molar-refractivity contribution in [2.24, 2.45) is 0 Å². The lowest BCUT2D eigenvalue weighted by Gasteiger charge is -2.14. The van der Waals surface area contributed by atoms with Crippen LogP contribution in [0.15, 0.2) is 45.8 Å². The Morgan fingerprint density at radius 1 is 1.15 bits per heavy atom. The molecule has 0 radical (unpaired) electrons. The zero-order valence-corrected chi connectivity index (χ0v) is 17.4. The molecule has 1 aliphatic rings. The molecule has 1 N–H and O–H groups in total. The molecular formula is C19H15BrClNO4S. The van der Waals surface area contributed by atoms with Gasteiger partial charge in [-0.3, -0.25) is 14.9 Å². The van der Waals surface area contributed by atoms with Gasteiger partial charge in [-0.05, 0) is 60.2 Å². The highest BCUT2D eigenvalue weighted by Gasteiger charge is 2.25. The quantitative estimate of drug-likeness (QED) is 0.575. The van der Waals surface area contributed by atoms with Gasteiger partial charge in [0, 0.05) is 9.50 Å². The van der Waals surface area contributed by atoms with Gasteiger partial charge in [-0.1, -0.05) is 39.7 Å². The highest BCUT2D eigenvalue weighted by atomic mass is 79.9. The molecule has 27 heavy (non-hydrogen) atoms. The number of hydrogen-bond acceptors (Lipinski definition) is 5. The summed E-state index contributed by atoms with van der Waals surface area (Å²) in [5.74, 6) is 0.717. The van der Waals surface area contributed by atoms with Gasteiger partial charge < -0.3 is 9.47 Å². The summed E-state index contributed by atoms with van der Waals surface area (Å²) in [6.07, 6.45) is 1.64. The molecule has 0 spiro atoms. The number of benzene rings is 2. The molecule has 8 heteroatoms. The number of carbonyl (C=O) groups is 2. The molecule has 2 aromatic carbocycles. The average molecular weight is 469 g/mol. The first-order valence-electron chi connectivity index (χ1n) is 8.04. The fraction of sp³-hybridized carbons (Fsp3) is 0.158. The minimum Gasteiger partial charge on any atom is -0.490 e. The largest absolute Gasteiger partial charge is 0.490 e. The minimum atomic E-state index is -0.405. The number of nitrogens with one attached hydrogen (secondary N) is 1. The van der Waals surface area contributed by atoms with Crippen LogP contribution in [0.2, 0.25) is 5.02 Å².